The molecule has 0 bridgehead atoms. The summed E-state index contributed by atoms with van der Waals surface area (Å²) in [4.78, 5) is 27.8. The van der Waals surface area contributed by atoms with Gasteiger partial charge >= 0.3 is 0 Å². The van der Waals surface area contributed by atoms with E-state index in [0.29, 0.717) is 17.0 Å². The summed E-state index contributed by atoms with van der Waals surface area (Å²) < 4.78 is 5.35. The Labute approximate surface area is 155 Å². The molecule has 0 fully saturated rings. The van der Waals surface area contributed by atoms with Crippen LogP contribution in [0, 0.1) is 0 Å². The zero-order valence-corrected chi connectivity index (χ0v) is 14.7. The van der Waals surface area contributed by atoms with Gasteiger partial charge in [0.2, 0.25) is 0 Å². The number of aromatic nitrogens is 1. The first kappa shape index (κ1) is 15.9. The summed E-state index contributed by atoms with van der Waals surface area (Å²) >= 11 is 0. The third-order valence-electron chi connectivity index (χ3n) is 5.29. The normalized spacial score (nSPS) is 18.2. The highest BCUT2D eigenvalue weighted by Crippen LogP contribution is 2.35. The summed E-state index contributed by atoms with van der Waals surface area (Å²) in [6.45, 7) is 0.00375. The van der Waals surface area contributed by atoms with Gasteiger partial charge < -0.3 is 20.4 Å². The Kier molecular flexibility index (Phi) is 3.63. The molecule has 0 radical (unpaired) electrons. The Hall–Kier alpha value is -3.28. The van der Waals surface area contributed by atoms with E-state index < -0.39 is 0 Å². The Balaban J connectivity index is 1.42. The van der Waals surface area contributed by atoms with Crippen LogP contribution in [-0.4, -0.2) is 23.4 Å². The van der Waals surface area contributed by atoms with Gasteiger partial charge in [0.15, 0.2) is 6.61 Å². The molecule has 2 aliphatic rings. The molecule has 1 aromatic heterocycles. The molecule has 1 aliphatic carbocycles. The number of H-pyrrole nitrogens is 1. The number of hydrogen-bond acceptors (Lipinski definition) is 3. The molecule has 3 aromatic rings. The van der Waals surface area contributed by atoms with Gasteiger partial charge in [-0.3, -0.25) is 9.59 Å². The molecule has 0 unspecified atom stereocenters. The summed E-state index contributed by atoms with van der Waals surface area (Å²) in [5.74, 6) is 0.214. The van der Waals surface area contributed by atoms with Gasteiger partial charge in [0.05, 0.1) is 11.7 Å². The number of carbonyl (C=O) groups is 2. The van der Waals surface area contributed by atoms with E-state index in [1.165, 1.54) is 10.9 Å². The van der Waals surface area contributed by atoms with Crippen LogP contribution in [0.25, 0.3) is 10.9 Å². The van der Waals surface area contributed by atoms with Crippen LogP contribution in [0.3, 0.4) is 0 Å². The van der Waals surface area contributed by atoms with Gasteiger partial charge in [-0.15, -0.1) is 0 Å². The number of ether oxygens (including phenoxy) is 1. The molecule has 2 heterocycles. The Morgan fingerprint density at radius 2 is 2.07 bits per heavy atom. The molecule has 0 spiro atoms. The minimum Gasteiger partial charge on any atom is -0.482 e. The van der Waals surface area contributed by atoms with Crippen molar-refractivity contribution in [3.63, 3.8) is 0 Å². The van der Waals surface area contributed by atoms with Gasteiger partial charge in [0, 0.05) is 22.2 Å². The van der Waals surface area contributed by atoms with Crippen molar-refractivity contribution in [2.75, 3.05) is 11.9 Å². The number of carbonyl (C=O) groups excluding carboxylic acids is 2. The number of fused-ring (bicyclic) bond motifs is 4. The second-order valence-corrected chi connectivity index (χ2v) is 7.03. The first-order valence-corrected chi connectivity index (χ1v) is 9.16. The SMILES string of the molecule is O=C1COc2ccc(C(=O)N[C@H]3CCCc4c3[nH]c3ccccc43)cc2N1. The average Bonchev–Trinajstić information content (AvgIpc) is 3.07. The van der Waals surface area contributed by atoms with Crippen LogP contribution in [0.15, 0.2) is 42.5 Å². The van der Waals surface area contributed by atoms with Crippen LogP contribution < -0.4 is 15.4 Å². The number of para-hydroxylation sites is 1. The minimum absolute atomic E-state index is 0.00375. The molecule has 1 atom stereocenters. The third kappa shape index (κ3) is 2.73. The van der Waals surface area contributed by atoms with Gasteiger partial charge in [-0.2, -0.15) is 0 Å². The number of benzene rings is 2. The van der Waals surface area contributed by atoms with Gasteiger partial charge in [-0.05, 0) is 49.1 Å². The minimum atomic E-state index is -0.213. The number of anilines is 1. The zero-order valence-electron chi connectivity index (χ0n) is 14.7. The number of aromatic amines is 1. The lowest BCUT2D eigenvalue weighted by molar-refractivity contribution is -0.118. The standard InChI is InChI=1S/C21H19N3O3/c25-19-11-27-18-9-8-12(10-17(18)22-19)21(26)24-16-7-3-5-14-13-4-1-2-6-15(13)23-20(14)16/h1-2,4,6,8-10,16,23H,3,5,7,11H2,(H,22,25)(H,24,26)/t16-/m0/s1. The van der Waals surface area contributed by atoms with Crippen molar-refractivity contribution in [1.29, 1.82) is 0 Å². The lowest BCUT2D eigenvalue weighted by atomic mass is 9.91. The molecule has 5 rings (SSSR count). The first-order chi connectivity index (χ1) is 13.2. The fraction of sp³-hybridized carbons (Fsp3) is 0.238. The maximum atomic E-state index is 12.8. The smallest absolute Gasteiger partial charge is 0.262 e. The average molecular weight is 361 g/mol. The lowest BCUT2D eigenvalue weighted by Gasteiger charge is -2.24. The molecular weight excluding hydrogens is 342 g/mol. The van der Waals surface area contributed by atoms with Crippen LogP contribution in [0.1, 0.15) is 40.5 Å². The van der Waals surface area contributed by atoms with Crippen LogP contribution in [0.2, 0.25) is 0 Å². The van der Waals surface area contributed by atoms with Crippen molar-refractivity contribution >= 4 is 28.4 Å². The molecule has 27 heavy (non-hydrogen) atoms. The van der Waals surface area contributed by atoms with E-state index in [-0.39, 0.29) is 24.5 Å². The molecule has 1 aliphatic heterocycles. The first-order valence-electron chi connectivity index (χ1n) is 9.16. The summed E-state index contributed by atoms with van der Waals surface area (Å²) in [6, 6.07) is 13.3. The van der Waals surface area contributed by atoms with Gasteiger partial charge in [0.25, 0.3) is 11.8 Å². The summed E-state index contributed by atoms with van der Waals surface area (Å²) in [5, 5.41) is 7.12. The van der Waals surface area contributed by atoms with Crippen LogP contribution >= 0.6 is 0 Å². The lowest BCUT2D eigenvalue weighted by Crippen LogP contribution is -2.31. The summed E-state index contributed by atoms with van der Waals surface area (Å²) in [6.07, 6.45) is 2.96. The van der Waals surface area contributed by atoms with Crippen molar-refractivity contribution in [2.24, 2.45) is 0 Å². The van der Waals surface area contributed by atoms with Gasteiger partial charge in [-0.1, -0.05) is 18.2 Å². The van der Waals surface area contributed by atoms with Crippen molar-refractivity contribution in [3.8, 4) is 5.75 Å². The molecule has 6 nitrogen and oxygen atoms in total. The van der Waals surface area contributed by atoms with Crippen molar-refractivity contribution in [2.45, 2.75) is 25.3 Å². The number of amides is 2. The van der Waals surface area contributed by atoms with E-state index in [0.717, 1.165) is 30.5 Å². The molecule has 3 N–H and O–H groups in total. The second kappa shape index (κ2) is 6.16. The number of aryl methyl sites for hydroxylation is 1. The molecular formula is C21H19N3O3. The second-order valence-electron chi connectivity index (χ2n) is 7.03. The summed E-state index contributed by atoms with van der Waals surface area (Å²) in [7, 11) is 0. The Bertz CT molecular complexity index is 1070. The van der Waals surface area contributed by atoms with E-state index >= 15 is 0 Å². The van der Waals surface area contributed by atoms with E-state index in [1.54, 1.807) is 18.2 Å². The zero-order chi connectivity index (χ0) is 18.4. The molecule has 2 aromatic carbocycles. The fourth-order valence-electron chi connectivity index (χ4n) is 4.03. The largest absolute Gasteiger partial charge is 0.482 e. The van der Waals surface area contributed by atoms with Crippen molar-refractivity contribution < 1.29 is 14.3 Å². The van der Waals surface area contributed by atoms with Crippen LogP contribution in [0.4, 0.5) is 5.69 Å². The highest BCUT2D eigenvalue weighted by molar-refractivity contribution is 6.00. The molecule has 0 saturated heterocycles. The topological polar surface area (TPSA) is 83.2 Å². The number of rotatable bonds is 2. The third-order valence-corrected chi connectivity index (χ3v) is 5.29. The van der Waals surface area contributed by atoms with Crippen LogP contribution in [0.5, 0.6) is 5.75 Å². The predicted molar refractivity (Wildman–Crippen MR) is 102 cm³/mol. The van der Waals surface area contributed by atoms with Crippen LogP contribution in [-0.2, 0) is 11.2 Å². The molecule has 136 valence electrons. The highest BCUT2D eigenvalue weighted by atomic mass is 16.5. The van der Waals surface area contributed by atoms with E-state index in [9.17, 15) is 9.59 Å². The molecule has 0 saturated carbocycles. The van der Waals surface area contributed by atoms with E-state index in [4.69, 9.17) is 4.74 Å². The Morgan fingerprint density at radius 3 is 3.00 bits per heavy atom. The molecule has 6 heteroatoms. The van der Waals surface area contributed by atoms with Gasteiger partial charge in [0.1, 0.15) is 5.75 Å². The quantitative estimate of drug-likeness (QED) is 0.655. The maximum Gasteiger partial charge on any atom is 0.262 e. The highest BCUT2D eigenvalue weighted by Gasteiger charge is 2.26. The Morgan fingerprint density at radius 1 is 1.19 bits per heavy atom. The van der Waals surface area contributed by atoms with E-state index in [1.807, 2.05) is 12.1 Å². The van der Waals surface area contributed by atoms with Gasteiger partial charge in [-0.25, -0.2) is 0 Å². The number of nitrogens with one attached hydrogen (secondary N) is 3. The number of hydrogen-bond donors (Lipinski definition) is 3. The monoisotopic (exact) mass is 361 g/mol. The maximum absolute atomic E-state index is 12.8. The predicted octanol–water partition coefficient (Wildman–Crippen LogP) is 3.31. The van der Waals surface area contributed by atoms with E-state index in [2.05, 4.69) is 27.8 Å². The fourth-order valence-corrected chi connectivity index (χ4v) is 4.03. The molecule has 2 amide bonds. The summed E-state index contributed by atoms with van der Waals surface area (Å²) in [5.41, 5.74) is 4.55. The van der Waals surface area contributed by atoms with Crippen molar-refractivity contribution in [3.05, 3.63) is 59.3 Å². The van der Waals surface area contributed by atoms with Crippen molar-refractivity contribution in [1.82, 2.24) is 10.3 Å².